The lowest BCUT2D eigenvalue weighted by Crippen LogP contribution is -2.18. The molecule has 0 saturated carbocycles. The molecule has 6 heteroatoms. The SMILES string of the molecule is c1nc2cnc(NCC3CCNC3)nc2o1. The zero-order chi connectivity index (χ0) is 10.8. The van der Waals surface area contributed by atoms with Crippen molar-refractivity contribution < 1.29 is 4.42 Å². The van der Waals surface area contributed by atoms with Crippen molar-refractivity contribution in [1.29, 1.82) is 0 Å². The van der Waals surface area contributed by atoms with E-state index in [-0.39, 0.29) is 0 Å². The molecule has 1 atom stereocenters. The van der Waals surface area contributed by atoms with Crippen LogP contribution in [0.4, 0.5) is 5.95 Å². The third kappa shape index (κ3) is 1.83. The van der Waals surface area contributed by atoms with Gasteiger partial charge in [-0.15, -0.1) is 0 Å². The number of hydrogen-bond donors (Lipinski definition) is 2. The van der Waals surface area contributed by atoms with Gasteiger partial charge in [-0.25, -0.2) is 9.97 Å². The molecule has 0 radical (unpaired) electrons. The zero-order valence-electron chi connectivity index (χ0n) is 8.81. The molecule has 0 aliphatic carbocycles. The number of fused-ring (bicyclic) bond motifs is 1. The summed E-state index contributed by atoms with van der Waals surface area (Å²) in [5.41, 5.74) is 1.22. The Morgan fingerprint density at radius 2 is 2.50 bits per heavy atom. The summed E-state index contributed by atoms with van der Waals surface area (Å²) >= 11 is 0. The molecular weight excluding hydrogens is 206 g/mol. The van der Waals surface area contributed by atoms with Crippen molar-refractivity contribution in [3.05, 3.63) is 12.6 Å². The summed E-state index contributed by atoms with van der Waals surface area (Å²) in [5.74, 6) is 1.27. The highest BCUT2D eigenvalue weighted by molar-refractivity contribution is 5.67. The first-order valence-corrected chi connectivity index (χ1v) is 5.42. The van der Waals surface area contributed by atoms with Gasteiger partial charge in [0.05, 0.1) is 6.20 Å². The highest BCUT2D eigenvalue weighted by atomic mass is 16.3. The number of nitrogens with zero attached hydrogens (tertiary/aromatic N) is 3. The van der Waals surface area contributed by atoms with Gasteiger partial charge in [0, 0.05) is 6.54 Å². The van der Waals surface area contributed by atoms with E-state index in [0.29, 0.717) is 23.1 Å². The van der Waals surface area contributed by atoms with E-state index in [1.165, 1.54) is 12.8 Å². The van der Waals surface area contributed by atoms with Crippen LogP contribution in [-0.4, -0.2) is 34.6 Å². The van der Waals surface area contributed by atoms with E-state index in [1.807, 2.05) is 0 Å². The first-order chi connectivity index (χ1) is 7.92. The molecular formula is C10H13N5O. The molecule has 2 N–H and O–H groups in total. The summed E-state index contributed by atoms with van der Waals surface area (Å²) in [5, 5.41) is 6.54. The first-order valence-electron chi connectivity index (χ1n) is 5.42. The molecule has 1 unspecified atom stereocenters. The average Bonchev–Trinajstić information content (AvgIpc) is 2.97. The Hall–Kier alpha value is -1.69. The Bertz CT molecular complexity index is 477. The van der Waals surface area contributed by atoms with E-state index in [4.69, 9.17) is 4.42 Å². The van der Waals surface area contributed by atoms with E-state index in [0.717, 1.165) is 19.6 Å². The highest BCUT2D eigenvalue weighted by Gasteiger charge is 2.14. The molecule has 84 valence electrons. The lowest BCUT2D eigenvalue weighted by molar-refractivity contribution is 0.588. The minimum absolute atomic E-state index is 0.530. The van der Waals surface area contributed by atoms with Gasteiger partial charge < -0.3 is 15.1 Å². The Kier molecular flexibility index (Phi) is 2.41. The fraction of sp³-hybridized carbons (Fsp3) is 0.500. The Labute approximate surface area is 92.5 Å². The largest absolute Gasteiger partial charge is 0.425 e. The summed E-state index contributed by atoms with van der Waals surface area (Å²) < 4.78 is 5.12. The van der Waals surface area contributed by atoms with Crippen LogP contribution in [-0.2, 0) is 0 Å². The normalized spacial score (nSPS) is 20.4. The van der Waals surface area contributed by atoms with Gasteiger partial charge in [-0.1, -0.05) is 0 Å². The first kappa shape index (κ1) is 9.53. The predicted molar refractivity (Wildman–Crippen MR) is 59.1 cm³/mol. The second-order valence-corrected chi connectivity index (χ2v) is 3.98. The van der Waals surface area contributed by atoms with Gasteiger partial charge in [0.2, 0.25) is 5.95 Å². The van der Waals surface area contributed by atoms with E-state index < -0.39 is 0 Å². The van der Waals surface area contributed by atoms with Gasteiger partial charge in [0.25, 0.3) is 5.71 Å². The molecule has 2 aromatic rings. The quantitative estimate of drug-likeness (QED) is 0.789. The predicted octanol–water partition coefficient (Wildman–Crippen LogP) is 0.639. The summed E-state index contributed by atoms with van der Waals surface area (Å²) in [4.78, 5) is 12.4. The maximum Gasteiger partial charge on any atom is 0.251 e. The Morgan fingerprint density at radius 1 is 1.50 bits per heavy atom. The third-order valence-corrected chi connectivity index (χ3v) is 2.80. The maximum atomic E-state index is 5.12. The number of nitrogens with one attached hydrogen (secondary N) is 2. The van der Waals surface area contributed by atoms with Gasteiger partial charge in [0.15, 0.2) is 6.39 Å². The Morgan fingerprint density at radius 3 is 3.38 bits per heavy atom. The molecule has 0 amide bonds. The van der Waals surface area contributed by atoms with Gasteiger partial charge in [-0.3, -0.25) is 0 Å². The summed E-state index contributed by atoms with van der Waals surface area (Å²) in [6, 6.07) is 0. The smallest absolute Gasteiger partial charge is 0.251 e. The highest BCUT2D eigenvalue weighted by Crippen LogP contribution is 2.12. The van der Waals surface area contributed by atoms with Crippen molar-refractivity contribution in [3.63, 3.8) is 0 Å². The average molecular weight is 219 g/mol. The zero-order valence-corrected chi connectivity index (χ0v) is 8.81. The van der Waals surface area contributed by atoms with Crippen LogP contribution in [0.2, 0.25) is 0 Å². The van der Waals surface area contributed by atoms with Crippen LogP contribution < -0.4 is 10.6 Å². The third-order valence-electron chi connectivity index (χ3n) is 2.80. The van der Waals surface area contributed by atoms with Crippen molar-refractivity contribution >= 4 is 17.2 Å². The summed E-state index contributed by atoms with van der Waals surface area (Å²) in [7, 11) is 0. The molecule has 1 saturated heterocycles. The van der Waals surface area contributed by atoms with Crippen molar-refractivity contribution in [2.75, 3.05) is 25.0 Å². The molecule has 0 spiro atoms. The second-order valence-electron chi connectivity index (χ2n) is 3.98. The number of rotatable bonds is 3. The van der Waals surface area contributed by atoms with Gasteiger partial charge in [-0.05, 0) is 25.4 Å². The van der Waals surface area contributed by atoms with Crippen molar-refractivity contribution in [2.45, 2.75) is 6.42 Å². The molecule has 1 aliphatic heterocycles. The van der Waals surface area contributed by atoms with Gasteiger partial charge >= 0.3 is 0 Å². The van der Waals surface area contributed by atoms with Crippen LogP contribution in [0.25, 0.3) is 11.2 Å². The number of anilines is 1. The molecule has 0 aromatic carbocycles. The molecule has 1 fully saturated rings. The van der Waals surface area contributed by atoms with Crippen molar-refractivity contribution in [1.82, 2.24) is 20.3 Å². The van der Waals surface area contributed by atoms with Crippen molar-refractivity contribution in [2.24, 2.45) is 5.92 Å². The molecule has 6 nitrogen and oxygen atoms in total. The molecule has 16 heavy (non-hydrogen) atoms. The summed E-state index contributed by atoms with van der Waals surface area (Å²) in [6.07, 6.45) is 4.25. The lowest BCUT2D eigenvalue weighted by Gasteiger charge is -2.08. The van der Waals surface area contributed by atoms with E-state index in [9.17, 15) is 0 Å². The van der Waals surface area contributed by atoms with Gasteiger partial charge in [-0.2, -0.15) is 4.98 Å². The fourth-order valence-corrected chi connectivity index (χ4v) is 1.88. The second kappa shape index (κ2) is 4.05. The number of aromatic nitrogens is 3. The van der Waals surface area contributed by atoms with Crippen LogP contribution >= 0.6 is 0 Å². The van der Waals surface area contributed by atoms with E-state index >= 15 is 0 Å². The lowest BCUT2D eigenvalue weighted by atomic mass is 10.1. The molecule has 3 heterocycles. The standard InChI is InChI=1S/C10H13N5O/c1-2-11-3-7(1)4-12-10-13-5-8-9(15-10)16-6-14-8/h5-7,11H,1-4H2,(H,12,13,15). The van der Waals surface area contributed by atoms with Crippen LogP contribution in [0.5, 0.6) is 0 Å². The minimum Gasteiger partial charge on any atom is -0.425 e. The molecule has 0 bridgehead atoms. The number of hydrogen-bond acceptors (Lipinski definition) is 6. The van der Waals surface area contributed by atoms with Crippen LogP contribution in [0.3, 0.4) is 0 Å². The van der Waals surface area contributed by atoms with Crippen LogP contribution in [0, 0.1) is 5.92 Å². The van der Waals surface area contributed by atoms with Crippen LogP contribution in [0.15, 0.2) is 17.0 Å². The topological polar surface area (TPSA) is 75.9 Å². The van der Waals surface area contributed by atoms with E-state index in [1.54, 1.807) is 6.20 Å². The minimum atomic E-state index is 0.530. The monoisotopic (exact) mass is 219 g/mol. The Balaban J connectivity index is 1.68. The fourth-order valence-electron chi connectivity index (χ4n) is 1.88. The molecule has 1 aliphatic rings. The molecule has 3 rings (SSSR count). The summed E-state index contributed by atoms with van der Waals surface area (Å²) in [6.45, 7) is 3.07. The van der Waals surface area contributed by atoms with Gasteiger partial charge in [0.1, 0.15) is 5.52 Å². The van der Waals surface area contributed by atoms with Crippen molar-refractivity contribution in [3.8, 4) is 0 Å². The number of oxazole rings is 1. The van der Waals surface area contributed by atoms with E-state index in [2.05, 4.69) is 25.6 Å². The maximum absolute atomic E-state index is 5.12. The van der Waals surface area contributed by atoms with Crippen LogP contribution in [0.1, 0.15) is 6.42 Å². The molecule has 2 aromatic heterocycles.